The van der Waals surface area contributed by atoms with Crippen molar-refractivity contribution in [3.63, 3.8) is 0 Å². The van der Waals surface area contributed by atoms with Crippen LogP contribution in [-0.2, 0) is 14.3 Å². The molecule has 4 unspecified atom stereocenters. The van der Waals surface area contributed by atoms with Crippen LogP contribution in [0.4, 0.5) is 0 Å². The second kappa shape index (κ2) is 13.5. The number of methoxy groups -OCH3 is 2. The summed E-state index contributed by atoms with van der Waals surface area (Å²) in [5, 5.41) is 20.3. The number of nitrogens with one attached hydrogen (secondary N) is 3. The molecule has 1 fully saturated rings. The van der Waals surface area contributed by atoms with Crippen molar-refractivity contribution in [2.24, 2.45) is 17.6 Å². The van der Waals surface area contributed by atoms with E-state index in [2.05, 4.69) is 16.0 Å². The molecule has 1 aliphatic carbocycles. The number of carbonyl (C=O) groups excluding carboxylic acids is 2. The Kier molecular flexibility index (Phi) is 9.55. The summed E-state index contributed by atoms with van der Waals surface area (Å²) in [6, 6.07) is 6.68. The van der Waals surface area contributed by atoms with Gasteiger partial charge >= 0.3 is 5.97 Å². The summed E-state index contributed by atoms with van der Waals surface area (Å²) in [5.41, 5.74) is 7.84. The first-order valence-electron chi connectivity index (χ1n) is 14.4. The number of nitrogens with two attached hydrogens (primary N) is 1. The van der Waals surface area contributed by atoms with Gasteiger partial charge in [0.05, 0.1) is 39.3 Å². The Labute approximate surface area is 245 Å². The summed E-state index contributed by atoms with van der Waals surface area (Å²) in [5.74, 6) is -0.457. The molecule has 12 nitrogen and oxygen atoms in total. The van der Waals surface area contributed by atoms with Gasteiger partial charge in [-0.15, -0.1) is 0 Å². The van der Waals surface area contributed by atoms with Crippen LogP contribution in [0.15, 0.2) is 24.3 Å². The number of unbranched alkanes of at least 4 members (excludes halogenated alkanes) is 1. The monoisotopic (exact) mass is 584 g/mol. The second-order valence-electron chi connectivity index (χ2n) is 10.7. The third-order valence-corrected chi connectivity index (χ3v) is 8.17. The van der Waals surface area contributed by atoms with E-state index in [0.717, 1.165) is 43.5 Å². The molecule has 4 atom stereocenters. The second-order valence-corrected chi connectivity index (χ2v) is 10.7. The van der Waals surface area contributed by atoms with Gasteiger partial charge < -0.3 is 50.5 Å². The summed E-state index contributed by atoms with van der Waals surface area (Å²) in [6.45, 7) is 3.63. The highest BCUT2D eigenvalue weighted by atomic mass is 16.7. The Bertz CT molecular complexity index is 1260. The molecule has 1 saturated heterocycles. The maximum atomic E-state index is 13.3. The van der Waals surface area contributed by atoms with Crippen molar-refractivity contribution in [1.82, 2.24) is 16.0 Å². The number of benzene rings is 2. The van der Waals surface area contributed by atoms with E-state index in [1.54, 1.807) is 12.1 Å². The van der Waals surface area contributed by atoms with Crippen molar-refractivity contribution in [3.05, 3.63) is 41.0 Å². The highest BCUT2D eigenvalue weighted by molar-refractivity contribution is 5.81. The molecule has 0 bridgehead atoms. The van der Waals surface area contributed by atoms with Gasteiger partial charge in [0.1, 0.15) is 0 Å². The molecule has 1 amide bonds. The van der Waals surface area contributed by atoms with Gasteiger partial charge in [0.25, 0.3) is 0 Å². The van der Waals surface area contributed by atoms with Crippen molar-refractivity contribution in [2.75, 3.05) is 60.3 Å². The van der Waals surface area contributed by atoms with E-state index in [4.69, 9.17) is 29.4 Å². The third-order valence-electron chi connectivity index (χ3n) is 8.17. The molecular formula is C30H40N4O8. The Morgan fingerprint density at radius 3 is 2.26 bits per heavy atom. The lowest BCUT2D eigenvalue weighted by Crippen LogP contribution is -2.45. The van der Waals surface area contributed by atoms with Crippen LogP contribution in [0.25, 0.3) is 0 Å². The Morgan fingerprint density at radius 2 is 1.60 bits per heavy atom. The highest BCUT2D eigenvalue weighted by Crippen LogP contribution is 2.55. The lowest BCUT2D eigenvalue weighted by Gasteiger charge is -2.39. The van der Waals surface area contributed by atoms with E-state index in [0.29, 0.717) is 30.2 Å². The summed E-state index contributed by atoms with van der Waals surface area (Å²) in [4.78, 5) is 26.4. The average Bonchev–Trinajstić information content (AvgIpc) is 3.62. The standard InChI is InChI=1S/C30H40N4O8/c1-38-23-10-17(11-24(39-2)29(23)36)26-18-12-21-22(42-16-41-21)13-19(18)28(20-15-40-30(37)27(20)26)34-25(35)14-33-8-4-3-7-32-9-5-6-31/h10-13,20,26-28,32-33,36H,3-9,14-16,31H2,1-2H3,(H,34,35). The van der Waals surface area contributed by atoms with Crippen LogP contribution in [0.2, 0.25) is 0 Å². The third kappa shape index (κ3) is 6.06. The van der Waals surface area contributed by atoms with Crippen LogP contribution in [0.1, 0.15) is 47.9 Å². The summed E-state index contributed by atoms with van der Waals surface area (Å²) in [6.07, 6.45) is 2.90. The van der Waals surface area contributed by atoms with Crippen LogP contribution in [0.3, 0.4) is 0 Å². The van der Waals surface area contributed by atoms with Crippen molar-refractivity contribution in [2.45, 2.75) is 31.2 Å². The lowest BCUT2D eigenvalue weighted by atomic mass is 9.65. The van der Waals surface area contributed by atoms with E-state index in [1.165, 1.54) is 14.2 Å². The minimum absolute atomic E-state index is 0.0854. The minimum Gasteiger partial charge on any atom is -0.502 e. The number of rotatable bonds is 14. The maximum Gasteiger partial charge on any atom is 0.310 e. The molecule has 2 aliphatic heterocycles. The van der Waals surface area contributed by atoms with Crippen LogP contribution in [0, 0.1) is 11.8 Å². The first-order chi connectivity index (χ1) is 20.5. The zero-order valence-electron chi connectivity index (χ0n) is 24.1. The number of fused-ring (bicyclic) bond motifs is 3. The molecule has 12 heteroatoms. The van der Waals surface area contributed by atoms with Gasteiger partial charge in [0.2, 0.25) is 18.4 Å². The van der Waals surface area contributed by atoms with E-state index >= 15 is 0 Å². The smallest absolute Gasteiger partial charge is 0.310 e. The Hall–Kier alpha value is -3.74. The fourth-order valence-corrected chi connectivity index (χ4v) is 6.12. The minimum atomic E-state index is -0.596. The Balaban J connectivity index is 1.38. The molecule has 42 heavy (non-hydrogen) atoms. The van der Waals surface area contributed by atoms with Crippen LogP contribution < -0.4 is 40.6 Å². The molecule has 3 aliphatic rings. The number of hydrogen-bond donors (Lipinski definition) is 5. The summed E-state index contributed by atoms with van der Waals surface area (Å²) in [7, 11) is 2.91. The van der Waals surface area contributed by atoms with Crippen molar-refractivity contribution in [1.29, 1.82) is 0 Å². The van der Waals surface area contributed by atoms with Crippen LogP contribution in [-0.4, -0.2) is 77.3 Å². The number of ether oxygens (including phenoxy) is 5. The Morgan fingerprint density at radius 1 is 0.952 bits per heavy atom. The quantitative estimate of drug-likeness (QED) is 0.162. The SMILES string of the molecule is COc1cc(C2c3cc4c(cc3C(NC(=O)CNCCCCNCCCN)C3COC(=O)C23)OCO4)cc(OC)c1O. The van der Waals surface area contributed by atoms with E-state index in [9.17, 15) is 14.7 Å². The zero-order valence-corrected chi connectivity index (χ0v) is 24.1. The van der Waals surface area contributed by atoms with E-state index in [1.807, 2.05) is 12.1 Å². The van der Waals surface area contributed by atoms with E-state index in [-0.39, 0.29) is 55.0 Å². The molecular weight excluding hydrogens is 544 g/mol. The van der Waals surface area contributed by atoms with Crippen LogP contribution in [0.5, 0.6) is 28.7 Å². The number of esters is 1. The fraction of sp³-hybridized carbons (Fsp3) is 0.533. The fourth-order valence-electron chi connectivity index (χ4n) is 6.12. The van der Waals surface area contributed by atoms with Gasteiger partial charge in [-0.25, -0.2) is 0 Å². The predicted octanol–water partition coefficient (Wildman–Crippen LogP) is 1.54. The molecule has 0 radical (unpaired) electrons. The van der Waals surface area contributed by atoms with E-state index < -0.39 is 17.9 Å². The van der Waals surface area contributed by atoms with Crippen LogP contribution >= 0.6 is 0 Å². The van der Waals surface area contributed by atoms with Gasteiger partial charge in [-0.2, -0.15) is 0 Å². The number of cyclic esters (lactones) is 1. The van der Waals surface area contributed by atoms with Gasteiger partial charge in [-0.3, -0.25) is 9.59 Å². The summed E-state index contributed by atoms with van der Waals surface area (Å²) < 4.78 is 27.8. The zero-order chi connectivity index (χ0) is 29.6. The first-order valence-corrected chi connectivity index (χ1v) is 14.4. The topological polar surface area (TPSA) is 163 Å². The number of amides is 1. The number of phenols is 1. The first kappa shape index (κ1) is 29.7. The molecule has 5 rings (SSSR count). The number of carbonyl (C=O) groups is 2. The van der Waals surface area contributed by atoms with Crippen molar-refractivity contribution in [3.8, 4) is 28.7 Å². The van der Waals surface area contributed by atoms with Crippen molar-refractivity contribution < 1.29 is 38.4 Å². The average molecular weight is 585 g/mol. The van der Waals surface area contributed by atoms with Gasteiger partial charge in [-0.1, -0.05) is 0 Å². The maximum absolute atomic E-state index is 13.3. The molecule has 0 spiro atoms. The molecule has 2 heterocycles. The lowest BCUT2D eigenvalue weighted by molar-refractivity contribution is -0.141. The number of phenolic OH excluding ortho intramolecular Hbond substituents is 1. The largest absolute Gasteiger partial charge is 0.502 e. The van der Waals surface area contributed by atoms with Crippen molar-refractivity contribution >= 4 is 11.9 Å². The van der Waals surface area contributed by atoms with Gasteiger partial charge in [0.15, 0.2) is 23.0 Å². The molecule has 0 saturated carbocycles. The molecule has 228 valence electrons. The number of aromatic hydroxyl groups is 1. The van der Waals surface area contributed by atoms with Gasteiger partial charge in [0, 0.05) is 11.8 Å². The molecule has 0 aromatic heterocycles. The van der Waals surface area contributed by atoms with Gasteiger partial charge in [-0.05, 0) is 86.4 Å². The normalized spacial score (nSPS) is 21.8. The molecule has 2 aromatic rings. The summed E-state index contributed by atoms with van der Waals surface area (Å²) >= 11 is 0. The number of hydrogen-bond acceptors (Lipinski definition) is 11. The highest BCUT2D eigenvalue weighted by Gasteiger charge is 2.53. The molecule has 2 aromatic carbocycles. The predicted molar refractivity (Wildman–Crippen MR) is 153 cm³/mol. The molecule has 6 N–H and O–H groups in total.